The summed E-state index contributed by atoms with van der Waals surface area (Å²) in [7, 11) is 0. The summed E-state index contributed by atoms with van der Waals surface area (Å²) in [5, 5.41) is 8.89. The third-order valence-corrected chi connectivity index (χ3v) is 3.55. The molecular formula is C14H17F2NO2. The number of likely N-dealkylation sites (tertiary alicyclic amines) is 1. The minimum absolute atomic E-state index is 0.0595. The maximum atomic E-state index is 13.6. The fraction of sp³-hybridized carbons (Fsp3) is 0.500. The van der Waals surface area contributed by atoms with Gasteiger partial charge >= 0.3 is 5.97 Å². The molecule has 0 aliphatic carbocycles. The molecule has 1 aliphatic rings. The van der Waals surface area contributed by atoms with Gasteiger partial charge in [0.05, 0.1) is 6.42 Å². The number of rotatable bonds is 4. The lowest BCUT2D eigenvalue weighted by Crippen LogP contribution is -2.40. The highest BCUT2D eigenvalue weighted by atomic mass is 19.1. The summed E-state index contributed by atoms with van der Waals surface area (Å²) in [6, 6.07) is 3.47. The van der Waals surface area contributed by atoms with E-state index in [0.717, 1.165) is 31.9 Å². The van der Waals surface area contributed by atoms with E-state index in [9.17, 15) is 13.6 Å². The van der Waals surface area contributed by atoms with Crippen molar-refractivity contribution in [2.45, 2.75) is 38.3 Å². The molecular weight excluding hydrogens is 252 g/mol. The minimum Gasteiger partial charge on any atom is -0.481 e. The Balaban J connectivity index is 2.08. The number of aliphatic carboxylic acids is 1. The molecule has 0 radical (unpaired) electrons. The van der Waals surface area contributed by atoms with Gasteiger partial charge in [0, 0.05) is 24.2 Å². The summed E-state index contributed by atoms with van der Waals surface area (Å²) in [6.45, 7) is 1.10. The van der Waals surface area contributed by atoms with Crippen LogP contribution in [0.25, 0.3) is 0 Å². The van der Waals surface area contributed by atoms with E-state index in [1.807, 2.05) is 4.90 Å². The van der Waals surface area contributed by atoms with Crippen LogP contribution in [-0.4, -0.2) is 28.6 Å². The maximum absolute atomic E-state index is 13.6. The van der Waals surface area contributed by atoms with Gasteiger partial charge in [-0.2, -0.15) is 0 Å². The first-order valence-corrected chi connectivity index (χ1v) is 6.46. The van der Waals surface area contributed by atoms with Crippen LogP contribution in [0.5, 0.6) is 0 Å². The number of carboxylic acid groups (broad SMARTS) is 1. The summed E-state index contributed by atoms with van der Waals surface area (Å²) in [6.07, 6.45) is 2.87. The lowest BCUT2D eigenvalue weighted by Gasteiger charge is -2.35. The maximum Gasteiger partial charge on any atom is 0.304 e. The first-order valence-electron chi connectivity index (χ1n) is 6.46. The molecule has 0 amide bonds. The van der Waals surface area contributed by atoms with E-state index in [0.29, 0.717) is 12.1 Å². The molecule has 19 heavy (non-hydrogen) atoms. The molecule has 1 aromatic carbocycles. The Kier molecular flexibility index (Phi) is 4.47. The lowest BCUT2D eigenvalue weighted by atomic mass is 9.98. The first-order chi connectivity index (χ1) is 9.06. The van der Waals surface area contributed by atoms with Gasteiger partial charge in [-0.1, -0.05) is 12.5 Å². The van der Waals surface area contributed by atoms with E-state index < -0.39 is 17.6 Å². The molecule has 0 aromatic heterocycles. The van der Waals surface area contributed by atoms with Crippen LogP contribution in [0.1, 0.15) is 31.2 Å². The molecule has 5 heteroatoms. The Labute approximate surface area is 110 Å². The Morgan fingerprint density at radius 1 is 1.37 bits per heavy atom. The number of hydrogen-bond acceptors (Lipinski definition) is 2. The number of carbonyl (C=O) groups is 1. The SMILES string of the molecule is O=C(O)CC1CCCCN1Cc1ccc(F)cc1F. The second-order valence-electron chi connectivity index (χ2n) is 4.95. The third kappa shape index (κ3) is 3.73. The molecule has 1 saturated heterocycles. The van der Waals surface area contributed by atoms with Crippen molar-refractivity contribution in [1.82, 2.24) is 4.90 Å². The molecule has 0 saturated carbocycles. The Morgan fingerprint density at radius 2 is 2.16 bits per heavy atom. The molecule has 1 N–H and O–H groups in total. The van der Waals surface area contributed by atoms with E-state index >= 15 is 0 Å². The van der Waals surface area contributed by atoms with Gasteiger partial charge in [-0.3, -0.25) is 9.69 Å². The van der Waals surface area contributed by atoms with Gasteiger partial charge in [0.25, 0.3) is 0 Å². The van der Waals surface area contributed by atoms with E-state index in [-0.39, 0.29) is 12.5 Å². The van der Waals surface area contributed by atoms with Crippen molar-refractivity contribution in [1.29, 1.82) is 0 Å². The van der Waals surface area contributed by atoms with E-state index in [1.54, 1.807) is 0 Å². The summed E-state index contributed by atoms with van der Waals surface area (Å²) < 4.78 is 26.5. The summed E-state index contributed by atoms with van der Waals surface area (Å²) in [4.78, 5) is 12.8. The zero-order valence-corrected chi connectivity index (χ0v) is 10.6. The van der Waals surface area contributed by atoms with E-state index in [2.05, 4.69) is 0 Å². The molecule has 1 heterocycles. The van der Waals surface area contributed by atoms with Crippen molar-refractivity contribution in [3.63, 3.8) is 0 Å². The number of carboxylic acids is 1. The third-order valence-electron chi connectivity index (χ3n) is 3.55. The summed E-state index contributed by atoms with van der Waals surface area (Å²) >= 11 is 0. The van der Waals surface area contributed by atoms with Crippen LogP contribution >= 0.6 is 0 Å². The zero-order valence-electron chi connectivity index (χ0n) is 10.6. The molecule has 0 spiro atoms. The average Bonchev–Trinajstić information content (AvgIpc) is 2.34. The molecule has 2 rings (SSSR count). The van der Waals surface area contributed by atoms with Gasteiger partial charge in [0.2, 0.25) is 0 Å². The van der Waals surface area contributed by atoms with Crippen molar-refractivity contribution >= 4 is 5.97 Å². The summed E-state index contributed by atoms with van der Waals surface area (Å²) in [5.74, 6) is -2.00. The van der Waals surface area contributed by atoms with Gasteiger partial charge in [0.15, 0.2) is 0 Å². The molecule has 0 bridgehead atoms. The second kappa shape index (κ2) is 6.10. The van der Waals surface area contributed by atoms with Crippen molar-refractivity contribution in [2.24, 2.45) is 0 Å². The van der Waals surface area contributed by atoms with Crippen LogP contribution < -0.4 is 0 Å². The number of halogens is 2. The van der Waals surface area contributed by atoms with Crippen LogP contribution in [-0.2, 0) is 11.3 Å². The second-order valence-corrected chi connectivity index (χ2v) is 4.95. The largest absolute Gasteiger partial charge is 0.481 e. The standard InChI is InChI=1S/C14H17F2NO2/c15-11-5-4-10(13(16)7-11)9-17-6-2-1-3-12(17)8-14(18)19/h4-5,7,12H,1-3,6,8-9H2,(H,18,19). The number of hydrogen-bond donors (Lipinski definition) is 1. The Morgan fingerprint density at radius 3 is 2.84 bits per heavy atom. The topological polar surface area (TPSA) is 40.5 Å². The van der Waals surface area contributed by atoms with Gasteiger partial charge in [-0.15, -0.1) is 0 Å². The van der Waals surface area contributed by atoms with Crippen molar-refractivity contribution in [2.75, 3.05) is 6.54 Å². The van der Waals surface area contributed by atoms with Gasteiger partial charge in [-0.05, 0) is 25.5 Å². The summed E-state index contributed by atoms with van der Waals surface area (Å²) in [5.41, 5.74) is 0.415. The van der Waals surface area contributed by atoms with Crippen LogP contribution in [0.15, 0.2) is 18.2 Å². The molecule has 1 fully saturated rings. The van der Waals surface area contributed by atoms with E-state index in [1.165, 1.54) is 12.1 Å². The quantitative estimate of drug-likeness (QED) is 0.913. The number of nitrogens with zero attached hydrogens (tertiary/aromatic N) is 1. The van der Waals surface area contributed by atoms with Crippen molar-refractivity contribution in [3.05, 3.63) is 35.4 Å². The van der Waals surface area contributed by atoms with Crippen LogP contribution in [0, 0.1) is 11.6 Å². The van der Waals surface area contributed by atoms with Gasteiger partial charge in [-0.25, -0.2) is 8.78 Å². The number of piperidine rings is 1. The van der Waals surface area contributed by atoms with Gasteiger partial charge in [0.1, 0.15) is 11.6 Å². The molecule has 1 atom stereocenters. The van der Waals surface area contributed by atoms with Crippen molar-refractivity contribution < 1.29 is 18.7 Å². The number of benzene rings is 1. The van der Waals surface area contributed by atoms with Gasteiger partial charge < -0.3 is 5.11 Å². The monoisotopic (exact) mass is 269 g/mol. The normalized spacial score (nSPS) is 20.4. The molecule has 1 unspecified atom stereocenters. The molecule has 104 valence electrons. The highest BCUT2D eigenvalue weighted by molar-refractivity contribution is 5.67. The Bertz CT molecular complexity index is 465. The average molecular weight is 269 g/mol. The Hall–Kier alpha value is -1.49. The van der Waals surface area contributed by atoms with Crippen molar-refractivity contribution in [3.8, 4) is 0 Å². The van der Waals surface area contributed by atoms with E-state index in [4.69, 9.17) is 5.11 Å². The van der Waals surface area contributed by atoms with Crippen LogP contribution in [0.3, 0.4) is 0 Å². The first kappa shape index (κ1) is 13.9. The molecule has 1 aliphatic heterocycles. The molecule has 1 aromatic rings. The zero-order chi connectivity index (χ0) is 13.8. The smallest absolute Gasteiger partial charge is 0.304 e. The predicted molar refractivity (Wildman–Crippen MR) is 66.7 cm³/mol. The lowest BCUT2D eigenvalue weighted by molar-refractivity contribution is -0.138. The highest BCUT2D eigenvalue weighted by Crippen LogP contribution is 2.23. The fourth-order valence-electron chi connectivity index (χ4n) is 2.57. The minimum atomic E-state index is -0.837. The highest BCUT2D eigenvalue weighted by Gasteiger charge is 2.25. The predicted octanol–water partition coefficient (Wildman–Crippen LogP) is 2.79. The van der Waals surface area contributed by atoms with Crippen LogP contribution in [0.4, 0.5) is 8.78 Å². The molecule has 3 nitrogen and oxygen atoms in total. The van der Waals surface area contributed by atoms with Crippen LogP contribution in [0.2, 0.25) is 0 Å². The fourth-order valence-corrected chi connectivity index (χ4v) is 2.57.